The number of hydrogen-bond acceptors (Lipinski definition) is 7. The van der Waals surface area contributed by atoms with Crippen molar-refractivity contribution in [2.75, 3.05) is 26.1 Å². The maximum Gasteiger partial charge on any atom is 0.451 e. The molecule has 1 N–H and O–H groups in total. The van der Waals surface area contributed by atoms with E-state index in [4.69, 9.17) is 9.47 Å². The smallest absolute Gasteiger partial charge is 0.451 e. The van der Waals surface area contributed by atoms with Gasteiger partial charge in [0.25, 0.3) is 0 Å². The molecule has 32 heavy (non-hydrogen) atoms. The van der Waals surface area contributed by atoms with E-state index in [2.05, 4.69) is 20.3 Å². The molecule has 0 aliphatic rings. The number of aromatic nitrogens is 3. The summed E-state index contributed by atoms with van der Waals surface area (Å²) < 4.78 is 50.1. The number of hydrogen-bond donors (Lipinski definition) is 1. The van der Waals surface area contributed by atoms with Crippen molar-refractivity contribution in [3.8, 4) is 22.8 Å². The fourth-order valence-corrected chi connectivity index (χ4v) is 3.91. The van der Waals surface area contributed by atoms with Crippen LogP contribution in [0.3, 0.4) is 0 Å². The lowest BCUT2D eigenvalue weighted by atomic mass is 10.2. The highest BCUT2D eigenvalue weighted by Gasteiger charge is 2.35. The number of benzene rings is 2. The minimum absolute atomic E-state index is 0.122. The van der Waals surface area contributed by atoms with Gasteiger partial charge in [0.15, 0.2) is 0 Å². The Morgan fingerprint density at radius 1 is 0.938 bits per heavy atom. The molecular formula is C22H19F3N4O2S. The van der Waals surface area contributed by atoms with Crippen LogP contribution >= 0.6 is 11.3 Å². The highest BCUT2D eigenvalue weighted by molar-refractivity contribution is 7.09. The van der Waals surface area contributed by atoms with Gasteiger partial charge >= 0.3 is 6.18 Å². The fourth-order valence-electron chi connectivity index (χ4n) is 3.11. The highest BCUT2D eigenvalue weighted by Crippen LogP contribution is 2.32. The van der Waals surface area contributed by atoms with E-state index in [0.29, 0.717) is 24.1 Å². The Kier molecular flexibility index (Phi) is 6.13. The van der Waals surface area contributed by atoms with Crippen molar-refractivity contribution in [1.29, 1.82) is 0 Å². The zero-order valence-electron chi connectivity index (χ0n) is 17.2. The van der Waals surface area contributed by atoms with Gasteiger partial charge in [0.05, 0.1) is 30.4 Å². The van der Waals surface area contributed by atoms with Crippen LogP contribution in [0.2, 0.25) is 0 Å². The summed E-state index contributed by atoms with van der Waals surface area (Å²) in [5.74, 6) is 0.110. The predicted octanol–water partition coefficient (Wildman–Crippen LogP) is 5.44. The van der Waals surface area contributed by atoms with Gasteiger partial charge < -0.3 is 14.8 Å². The maximum atomic E-state index is 13.3. The molecule has 2 aromatic carbocycles. The van der Waals surface area contributed by atoms with Crippen molar-refractivity contribution in [2.24, 2.45) is 0 Å². The minimum Gasteiger partial charge on any atom is -0.497 e. The number of fused-ring (bicyclic) bond motifs is 1. The third kappa shape index (κ3) is 4.75. The molecule has 0 aliphatic carbocycles. The molecule has 4 aromatic rings. The van der Waals surface area contributed by atoms with Gasteiger partial charge in [-0.25, -0.2) is 15.0 Å². The molecule has 0 saturated heterocycles. The molecule has 0 saturated carbocycles. The molecule has 2 aromatic heterocycles. The Bertz CT molecular complexity index is 1230. The largest absolute Gasteiger partial charge is 0.497 e. The van der Waals surface area contributed by atoms with Crippen LogP contribution in [0.4, 0.5) is 19.0 Å². The van der Waals surface area contributed by atoms with Crippen LogP contribution < -0.4 is 14.8 Å². The Morgan fingerprint density at radius 3 is 2.34 bits per heavy atom. The summed E-state index contributed by atoms with van der Waals surface area (Å²) in [7, 11) is 3.05. The number of methoxy groups -OCH3 is 2. The molecule has 6 nitrogen and oxygen atoms in total. The first-order valence-corrected chi connectivity index (χ1v) is 10.5. The molecule has 0 bridgehead atoms. The molecule has 0 radical (unpaired) electrons. The quantitative estimate of drug-likeness (QED) is 0.396. The van der Waals surface area contributed by atoms with Crippen molar-refractivity contribution in [3.05, 3.63) is 58.7 Å². The van der Waals surface area contributed by atoms with Crippen LogP contribution in [0.25, 0.3) is 22.2 Å². The summed E-state index contributed by atoms with van der Waals surface area (Å²) in [6.07, 6.45) is -4.12. The molecule has 0 aliphatic heterocycles. The number of halogens is 3. The number of nitrogens with one attached hydrogen (secondary N) is 1. The second-order valence-electron chi connectivity index (χ2n) is 6.81. The topological polar surface area (TPSA) is 69.2 Å². The van der Waals surface area contributed by atoms with Gasteiger partial charge in [-0.1, -0.05) is 0 Å². The average Bonchev–Trinajstić information content (AvgIpc) is 3.26. The molecule has 0 unspecified atom stereocenters. The SMILES string of the molecule is COc1ccc(-c2csc(CCNc3nc(C(F)(F)F)nc4cc(OC)ccc34)n2)cc1. The number of ether oxygens (including phenoxy) is 2. The van der Waals surface area contributed by atoms with Crippen molar-refractivity contribution >= 4 is 28.1 Å². The number of nitrogens with zero attached hydrogens (tertiary/aromatic N) is 3. The van der Waals surface area contributed by atoms with E-state index in [0.717, 1.165) is 22.0 Å². The van der Waals surface area contributed by atoms with E-state index in [1.54, 1.807) is 19.2 Å². The van der Waals surface area contributed by atoms with Gasteiger partial charge in [0.2, 0.25) is 5.82 Å². The second-order valence-corrected chi connectivity index (χ2v) is 7.75. The monoisotopic (exact) mass is 460 g/mol. The Morgan fingerprint density at radius 2 is 1.66 bits per heavy atom. The fraction of sp³-hybridized carbons (Fsp3) is 0.227. The molecule has 10 heteroatoms. The summed E-state index contributed by atoms with van der Waals surface area (Å²) in [4.78, 5) is 12.0. The zero-order chi connectivity index (χ0) is 22.7. The summed E-state index contributed by atoms with van der Waals surface area (Å²) in [6, 6.07) is 12.3. The standard InChI is InChI=1S/C22H19F3N4O2S/c1-30-14-5-3-13(4-6-14)18-12-32-19(27-18)9-10-26-20-16-8-7-15(31-2)11-17(16)28-21(29-20)22(23,24)25/h3-8,11-12H,9-10H2,1-2H3,(H,26,28,29). The number of thiazole rings is 1. The van der Waals surface area contributed by atoms with Crippen LogP contribution in [0.5, 0.6) is 11.5 Å². The van der Waals surface area contributed by atoms with Crippen molar-refractivity contribution < 1.29 is 22.6 Å². The molecule has 0 atom stereocenters. The lowest BCUT2D eigenvalue weighted by Gasteiger charge is -2.12. The molecule has 0 spiro atoms. The van der Waals surface area contributed by atoms with Crippen molar-refractivity contribution in [2.45, 2.75) is 12.6 Å². The van der Waals surface area contributed by atoms with Gasteiger partial charge in [0, 0.05) is 35.4 Å². The lowest BCUT2D eigenvalue weighted by molar-refractivity contribution is -0.144. The Hall–Kier alpha value is -3.40. The zero-order valence-corrected chi connectivity index (χ0v) is 18.0. The maximum absolute atomic E-state index is 13.3. The van der Waals surface area contributed by atoms with E-state index in [9.17, 15) is 13.2 Å². The molecule has 166 valence electrons. The second kappa shape index (κ2) is 8.99. The van der Waals surface area contributed by atoms with Gasteiger partial charge in [0.1, 0.15) is 17.3 Å². The van der Waals surface area contributed by atoms with Crippen LogP contribution in [0, 0.1) is 0 Å². The van der Waals surface area contributed by atoms with Gasteiger partial charge in [-0.05, 0) is 36.4 Å². The number of anilines is 1. The third-order valence-electron chi connectivity index (χ3n) is 4.73. The summed E-state index contributed by atoms with van der Waals surface area (Å²) in [6.45, 7) is 0.366. The molecule has 0 fully saturated rings. The van der Waals surface area contributed by atoms with Crippen molar-refractivity contribution in [1.82, 2.24) is 15.0 Å². The summed E-state index contributed by atoms with van der Waals surface area (Å²) >= 11 is 1.49. The highest BCUT2D eigenvalue weighted by atomic mass is 32.1. The first-order valence-electron chi connectivity index (χ1n) is 9.63. The third-order valence-corrected chi connectivity index (χ3v) is 5.64. The van der Waals surface area contributed by atoms with E-state index in [1.807, 2.05) is 29.6 Å². The van der Waals surface area contributed by atoms with E-state index >= 15 is 0 Å². The van der Waals surface area contributed by atoms with Gasteiger partial charge in [-0.3, -0.25) is 0 Å². The molecular weight excluding hydrogens is 441 g/mol. The predicted molar refractivity (Wildman–Crippen MR) is 117 cm³/mol. The minimum atomic E-state index is -4.66. The van der Waals surface area contributed by atoms with Gasteiger partial charge in [-0.2, -0.15) is 13.2 Å². The Labute approximate surface area is 186 Å². The van der Waals surface area contributed by atoms with Crippen molar-refractivity contribution in [3.63, 3.8) is 0 Å². The summed E-state index contributed by atoms with van der Waals surface area (Å²) in [5.41, 5.74) is 1.96. The van der Waals surface area contributed by atoms with Crippen LogP contribution in [0.15, 0.2) is 47.8 Å². The number of alkyl halides is 3. The van der Waals surface area contributed by atoms with E-state index < -0.39 is 12.0 Å². The first-order chi connectivity index (χ1) is 15.4. The van der Waals surface area contributed by atoms with Crippen LogP contribution in [-0.2, 0) is 12.6 Å². The molecule has 0 amide bonds. The number of rotatable bonds is 7. The Balaban J connectivity index is 1.51. The van der Waals surface area contributed by atoms with Crippen LogP contribution in [-0.4, -0.2) is 35.7 Å². The lowest BCUT2D eigenvalue weighted by Crippen LogP contribution is -2.14. The van der Waals surface area contributed by atoms with Crippen LogP contribution in [0.1, 0.15) is 10.8 Å². The molecule has 4 rings (SSSR count). The molecule has 2 heterocycles. The summed E-state index contributed by atoms with van der Waals surface area (Å²) in [5, 5.41) is 6.30. The average molecular weight is 460 g/mol. The normalized spacial score (nSPS) is 11.5. The van der Waals surface area contributed by atoms with E-state index in [-0.39, 0.29) is 11.3 Å². The van der Waals surface area contributed by atoms with Gasteiger partial charge in [-0.15, -0.1) is 11.3 Å². The first kappa shape index (κ1) is 21.8. The van der Waals surface area contributed by atoms with E-state index in [1.165, 1.54) is 24.5 Å².